The number of methoxy groups -OCH3 is 1. The van der Waals surface area contributed by atoms with E-state index in [4.69, 9.17) is 0 Å². The van der Waals surface area contributed by atoms with Crippen molar-refractivity contribution in [2.45, 2.75) is 11.8 Å². The molecule has 0 saturated carbocycles. The van der Waals surface area contributed by atoms with Crippen LogP contribution in [0.15, 0.2) is 23.1 Å². The van der Waals surface area contributed by atoms with Crippen LogP contribution in [0.2, 0.25) is 0 Å². The van der Waals surface area contributed by atoms with Crippen molar-refractivity contribution in [3.63, 3.8) is 0 Å². The van der Waals surface area contributed by atoms with Crippen LogP contribution in [0.25, 0.3) is 0 Å². The predicted molar refractivity (Wildman–Crippen MR) is 67.5 cm³/mol. The van der Waals surface area contributed by atoms with E-state index in [1.165, 1.54) is 13.2 Å². The Morgan fingerprint density at radius 3 is 2.83 bits per heavy atom. The average Bonchev–Trinajstić information content (AvgIpc) is 2.45. The fraction of sp³-hybridized carbons (Fsp3) is 0.417. The zero-order valence-electron chi connectivity index (χ0n) is 10.3. The number of hydrogen-bond donors (Lipinski definition) is 1. The first-order chi connectivity index (χ1) is 8.45. The Balaban J connectivity index is 2.67. The fourth-order valence-corrected chi connectivity index (χ4v) is 4.08. The molecule has 0 spiro atoms. The van der Waals surface area contributed by atoms with Gasteiger partial charge < -0.3 is 10.1 Å². The van der Waals surface area contributed by atoms with Crippen LogP contribution in [0.5, 0.6) is 0 Å². The first kappa shape index (κ1) is 12.9. The summed E-state index contributed by atoms with van der Waals surface area (Å²) in [6.45, 7) is 2.42. The number of ether oxygens (including phenoxy) is 1. The third-order valence-electron chi connectivity index (χ3n) is 2.88. The number of nitrogens with one attached hydrogen (secondary N) is 1. The molecule has 1 unspecified atom stereocenters. The van der Waals surface area contributed by atoms with Crippen molar-refractivity contribution in [2.24, 2.45) is 5.92 Å². The molecule has 1 aliphatic heterocycles. The monoisotopic (exact) mass is 269 g/mol. The molecule has 0 aliphatic carbocycles. The number of benzene rings is 1. The van der Waals surface area contributed by atoms with Crippen LogP contribution in [0, 0.1) is 5.92 Å². The van der Waals surface area contributed by atoms with E-state index in [1.54, 1.807) is 12.1 Å². The summed E-state index contributed by atoms with van der Waals surface area (Å²) in [5.74, 6) is -0.610. The van der Waals surface area contributed by atoms with Crippen LogP contribution in [-0.2, 0) is 14.6 Å². The Labute approximate surface area is 106 Å². The first-order valence-electron chi connectivity index (χ1n) is 5.63. The highest BCUT2D eigenvalue weighted by molar-refractivity contribution is 7.91. The Hall–Kier alpha value is -1.56. The lowest BCUT2D eigenvalue weighted by molar-refractivity contribution is 0.0596. The van der Waals surface area contributed by atoms with Gasteiger partial charge >= 0.3 is 5.97 Å². The van der Waals surface area contributed by atoms with Gasteiger partial charge in [0.2, 0.25) is 0 Å². The lowest BCUT2D eigenvalue weighted by atomic mass is 10.2. The minimum atomic E-state index is -3.48. The lowest BCUT2D eigenvalue weighted by Crippen LogP contribution is -2.17. The second-order valence-electron chi connectivity index (χ2n) is 4.44. The van der Waals surface area contributed by atoms with Crippen LogP contribution in [0.4, 0.5) is 5.69 Å². The molecule has 1 atom stereocenters. The van der Waals surface area contributed by atoms with Gasteiger partial charge in [-0.1, -0.05) is 13.0 Å². The molecule has 1 aromatic rings. The number of hydrogen-bond acceptors (Lipinski definition) is 5. The normalized spacial score (nSPS) is 21.3. The molecule has 1 N–H and O–H groups in total. The van der Waals surface area contributed by atoms with Gasteiger partial charge in [0.15, 0.2) is 9.84 Å². The summed E-state index contributed by atoms with van der Waals surface area (Å²) >= 11 is 0. The molecule has 1 aliphatic rings. The van der Waals surface area contributed by atoms with Gasteiger partial charge in [-0.3, -0.25) is 0 Å². The second kappa shape index (κ2) is 4.61. The number of carbonyl (C=O) groups excluding carboxylic acids is 1. The van der Waals surface area contributed by atoms with E-state index in [-0.39, 0.29) is 22.1 Å². The zero-order chi connectivity index (χ0) is 13.3. The summed E-state index contributed by atoms with van der Waals surface area (Å²) in [5, 5.41) is 3.06. The van der Waals surface area contributed by atoms with E-state index in [2.05, 4.69) is 10.1 Å². The summed E-state index contributed by atoms with van der Waals surface area (Å²) in [7, 11) is -2.24. The number of fused-ring (bicyclic) bond motifs is 1. The second-order valence-corrected chi connectivity index (χ2v) is 6.41. The maximum absolute atomic E-state index is 12.3. The molecule has 0 fully saturated rings. The number of carbonyl (C=O) groups is 1. The summed E-state index contributed by atoms with van der Waals surface area (Å²) < 4.78 is 29.2. The summed E-state index contributed by atoms with van der Waals surface area (Å²) in [4.78, 5) is 11.7. The summed E-state index contributed by atoms with van der Waals surface area (Å²) in [5.41, 5.74) is 0.568. The highest BCUT2D eigenvalue weighted by Gasteiger charge is 2.30. The number of sulfone groups is 1. The van der Waals surface area contributed by atoms with Crippen molar-refractivity contribution >= 4 is 21.5 Å². The molecular formula is C12H15NO4S. The molecule has 5 nitrogen and oxygen atoms in total. The topological polar surface area (TPSA) is 72.5 Å². The quantitative estimate of drug-likeness (QED) is 0.778. The van der Waals surface area contributed by atoms with Gasteiger partial charge in [-0.15, -0.1) is 0 Å². The van der Waals surface area contributed by atoms with Crippen molar-refractivity contribution in [1.29, 1.82) is 0 Å². The fourth-order valence-electron chi connectivity index (χ4n) is 2.08. The third-order valence-corrected chi connectivity index (χ3v) is 4.95. The molecule has 1 aromatic carbocycles. The van der Waals surface area contributed by atoms with E-state index in [0.717, 1.165) is 0 Å². The maximum atomic E-state index is 12.3. The van der Waals surface area contributed by atoms with Crippen molar-refractivity contribution in [2.75, 3.05) is 24.7 Å². The first-order valence-corrected chi connectivity index (χ1v) is 7.29. The van der Waals surface area contributed by atoms with Crippen molar-refractivity contribution in [3.05, 3.63) is 23.8 Å². The van der Waals surface area contributed by atoms with Gasteiger partial charge in [-0.2, -0.15) is 0 Å². The van der Waals surface area contributed by atoms with Crippen LogP contribution < -0.4 is 5.32 Å². The van der Waals surface area contributed by atoms with Gasteiger partial charge in [0.25, 0.3) is 0 Å². The van der Waals surface area contributed by atoms with Gasteiger partial charge in [0.1, 0.15) is 4.90 Å². The predicted octanol–water partition coefficient (Wildman–Crippen LogP) is 1.31. The summed E-state index contributed by atoms with van der Waals surface area (Å²) in [6, 6.07) is 4.78. The molecule has 0 aromatic heterocycles. The largest absolute Gasteiger partial charge is 0.465 e. The molecule has 18 heavy (non-hydrogen) atoms. The van der Waals surface area contributed by atoms with Gasteiger partial charge in [-0.05, 0) is 18.1 Å². The van der Waals surface area contributed by atoms with E-state index < -0.39 is 15.8 Å². The molecule has 2 rings (SSSR count). The van der Waals surface area contributed by atoms with E-state index in [9.17, 15) is 13.2 Å². The lowest BCUT2D eigenvalue weighted by Gasteiger charge is -2.11. The van der Waals surface area contributed by atoms with Crippen molar-refractivity contribution in [1.82, 2.24) is 0 Å². The van der Waals surface area contributed by atoms with Crippen LogP contribution >= 0.6 is 0 Å². The van der Waals surface area contributed by atoms with Gasteiger partial charge in [-0.25, -0.2) is 13.2 Å². The Bertz CT molecular complexity index is 580. The van der Waals surface area contributed by atoms with Crippen LogP contribution in [0.3, 0.4) is 0 Å². The van der Waals surface area contributed by atoms with Crippen molar-refractivity contribution < 1.29 is 17.9 Å². The average molecular weight is 269 g/mol. The minimum Gasteiger partial charge on any atom is -0.465 e. The van der Waals surface area contributed by atoms with Gasteiger partial charge in [0.05, 0.1) is 24.1 Å². The standard InChI is InChI=1S/C12H15NO4S/c1-8-6-13-10-5-3-4-9(12(14)17-2)11(10)18(15,16)7-8/h3-5,8,13H,6-7H2,1-2H3. The smallest absolute Gasteiger partial charge is 0.339 e. The van der Waals surface area contributed by atoms with E-state index in [1.807, 2.05) is 6.92 Å². The summed E-state index contributed by atoms with van der Waals surface area (Å²) in [6.07, 6.45) is 0. The van der Waals surface area contributed by atoms with Crippen LogP contribution in [0.1, 0.15) is 17.3 Å². The molecule has 1 heterocycles. The highest BCUT2D eigenvalue weighted by Crippen LogP contribution is 2.30. The molecular weight excluding hydrogens is 254 g/mol. The van der Waals surface area contributed by atoms with Crippen molar-refractivity contribution in [3.8, 4) is 0 Å². The van der Waals surface area contributed by atoms with Crippen LogP contribution in [-0.4, -0.2) is 33.8 Å². The number of esters is 1. The molecule has 0 bridgehead atoms. The Morgan fingerprint density at radius 2 is 2.17 bits per heavy atom. The SMILES string of the molecule is COC(=O)c1cccc2c1S(=O)(=O)CC(C)CN2. The zero-order valence-corrected chi connectivity index (χ0v) is 11.1. The maximum Gasteiger partial charge on any atom is 0.339 e. The van der Waals surface area contributed by atoms with E-state index >= 15 is 0 Å². The molecule has 0 amide bonds. The molecule has 6 heteroatoms. The van der Waals surface area contributed by atoms with E-state index in [0.29, 0.717) is 12.2 Å². The molecule has 98 valence electrons. The van der Waals surface area contributed by atoms with Gasteiger partial charge in [0, 0.05) is 6.54 Å². The molecule has 0 radical (unpaired) electrons. The molecule has 0 saturated heterocycles. The Kier molecular flexibility index (Phi) is 3.30. The number of anilines is 1. The Morgan fingerprint density at radius 1 is 1.44 bits per heavy atom. The minimum absolute atomic E-state index is 0.00658. The highest BCUT2D eigenvalue weighted by atomic mass is 32.2. The number of rotatable bonds is 1. The third kappa shape index (κ3) is 2.20.